The predicted octanol–water partition coefficient (Wildman–Crippen LogP) is 1.08. The number of carbonyl (C=O) groups excluding carboxylic acids is 1. The highest BCUT2D eigenvalue weighted by Gasteiger charge is 2.32. The fraction of sp³-hybridized carbons (Fsp3) is 0.917. The predicted molar refractivity (Wildman–Crippen MR) is 62.1 cm³/mol. The molecule has 0 aromatic heterocycles. The molecule has 1 aliphatic rings. The van der Waals surface area contributed by atoms with Crippen LogP contribution in [0.5, 0.6) is 0 Å². The third-order valence-electron chi connectivity index (χ3n) is 3.50. The third-order valence-corrected chi connectivity index (χ3v) is 3.50. The molecule has 1 fully saturated rings. The van der Waals surface area contributed by atoms with Gasteiger partial charge in [0.1, 0.15) is 6.61 Å². The molecule has 94 valence electrons. The smallest absolute Gasteiger partial charge is 0.246 e. The van der Waals surface area contributed by atoms with Crippen LogP contribution in [0.2, 0.25) is 0 Å². The molecule has 2 N–H and O–H groups in total. The van der Waals surface area contributed by atoms with E-state index >= 15 is 0 Å². The zero-order valence-electron chi connectivity index (χ0n) is 10.3. The van der Waals surface area contributed by atoms with Crippen LogP contribution in [0.3, 0.4) is 0 Å². The van der Waals surface area contributed by atoms with Gasteiger partial charge in [0, 0.05) is 13.7 Å². The van der Waals surface area contributed by atoms with Gasteiger partial charge >= 0.3 is 0 Å². The van der Waals surface area contributed by atoms with E-state index in [1.807, 2.05) is 0 Å². The maximum absolute atomic E-state index is 11.2. The van der Waals surface area contributed by atoms with Gasteiger partial charge in [-0.3, -0.25) is 4.79 Å². The van der Waals surface area contributed by atoms with Crippen molar-refractivity contribution in [1.82, 2.24) is 5.32 Å². The van der Waals surface area contributed by atoms with Gasteiger partial charge in [-0.1, -0.05) is 13.3 Å². The summed E-state index contributed by atoms with van der Waals surface area (Å²) in [4.78, 5) is 11.2. The highest BCUT2D eigenvalue weighted by molar-refractivity contribution is 5.77. The standard InChI is InChI=1S/C12H23NO3/c1-3-10-4-6-12(15,7-5-10)9-13-11(14)8-16-2/h10,15H,3-9H2,1-2H3,(H,13,14). The molecular weight excluding hydrogens is 206 g/mol. The SMILES string of the molecule is CCC1CCC(O)(CNC(=O)COC)CC1. The first kappa shape index (κ1) is 13.5. The zero-order chi connectivity index (χ0) is 12.0. The van der Waals surface area contributed by atoms with Crippen LogP contribution in [-0.4, -0.2) is 36.9 Å². The van der Waals surface area contributed by atoms with Crippen molar-refractivity contribution in [3.8, 4) is 0 Å². The maximum Gasteiger partial charge on any atom is 0.246 e. The van der Waals surface area contributed by atoms with Gasteiger partial charge < -0.3 is 15.2 Å². The molecule has 0 aromatic carbocycles. The molecule has 1 aliphatic carbocycles. The lowest BCUT2D eigenvalue weighted by Gasteiger charge is -2.35. The van der Waals surface area contributed by atoms with Gasteiger partial charge in [0.2, 0.25) is 5.91 Å². The normalized spacial score (nSPS) is 30.1. The molecule has 0 aromatic rings. The highest BCUT2D eigenvalue weighted by atomic mass is 16.5. The summed E-state index contributed by atoms with van der Waals surface area (Å²) < 4.78 is 4.72. The number of amides is 1. The van der Waals surface area contributed by atoms with E-state index in [0.717, 1.165) is 31.6 Å². The lowest BCUT2D eigenvalue weighted by atomic mass is 9.78. The second-order valence-electron chi connectivity index (χ2n) is 4.79. The fourth-order valence-corrected chi connectivity index (χ4v) is 2.25. The quantitative estimate of drug-likeness (QED) is 0.741. The Labute approximate surface area is 97.4 Å². The van der Waals surface area contributed by atoms with Crippen molar-refractivity contribution in [2.75, 3.05) is 20.3 Å². The largest absolute Gasteiger partial charge is 0.388 e. The number of hydrogen-bond acceptors (Lipinski definition) is 3. The Morgan fingerprint density at radius 1 is 1.50 bits per heavy atom. The third kappa shape index (κ3) is 4.10. The molecule has 4 heteroatoms. The molecule has 0 atom stereocenters. The summed E-state index contributed by atoms with van der Waals surface area (Å²) in [6.07, 6.45) is 4.89. The van der Waals surface area contributed by atoms with Gasteiger partial charge in [-0.05, 0) is 31.6 Å². The summed E-state index contributed by atoms with van der Waals surface area (Å²) in [6.45, 7) is 2.61. The summed E-state index contributed by atoms with van der Waals surface area (Å²) in [5.41, 5.74) is -0.699. The second kappa shape index (κ2) is 6.21. The van der Waals surface area contributed by atoms with E-state index in [2.05, 4.69) is 12.2 Å². The van der Waals surface area contributed by atoms with Gasteiger partial charge in [0.25, 0.3) is 0 Å². The first-order chi connectivity index (χ1) is 7.59. The lowest BCUT2D eigenvalue weighted by molar-refractivity contribution is -0.126. The molecule has 1 saturated carbocycles. The van der Waals surface area contributed by atoms with Crippen LogP contribution in [0.15, 0.2) is 0 Å². The molecule has 0 bridgehead atoms. The summed E-state index contributed by atoms with van der Waals surface area (Å²) in [7, 11) is 1.49. The van der Waals surface area contributed by atoms with E-state index in [-0.39, 0.29) is 12.5 Å². The Morgan fingerprint density at radius 3 is 2.62 bits per heavy atom. The van der Waals surface area contributed by atoms with Gasteiger partial charge in [-0.25, -0.2) is 0 Å². The molecule has 0 spiro atoms. The molecule has 0 saturated heterocycles. The van der Waals surface area contributed by atoms with Crippen molar-refractivity contribution in [3.63, 3.8) is 0 Å². The van der Waals surface area contributed by atoms with E-state index in [1.54, 1.807) is 0 Å². The Balaban J connectivity index is 2.28. The highest BCUT2D eigenvalue weighted by Crippen LogP contribution is 2.33. The fourth-order valence-electron chi connectivity index (χ4n) is 2.25. The molecule has 4 nitrogen and oxygen atoms in total. The Hall–Kier alpha value is -0.610. The van der Waals surface area contributed by atoms with Crippen LogP contribution in [0.4, 0.5) is 0 Å². The summed E-state index contributed by atoms with van der Waals surface area (Å²) in [6, 6.07) is 0. The van der Waals surface area contributed by atoms with Gasteiger partial charge in [-0.15, -0.1) is 0 Å². The summed E-state index contributed by atoms with van der Waals surface area (Å²) >= 11 is 0. The summed E-state index contributed by atoms with van der Waals surface area (Å²) in [5, 5.41) is 13.0. The number of hydrogen-bond donors (Lipinski definition) is 2. The monoisotopic (exact) mass is 229 g/mol. The molecular formula is C12H23NO3. The topological polar surface area (TPSA) is 58.6 Å². The van der Waals surface area contributed by atoms with Crippen molar-refractivity contribution in [2.24, 2.45) is 5.92 Å². The molecule has 0 aliphatic heterocycles. The molecule has 16 heavy (non-hydrogen) atoms. The number of aliphatic hydroxyl groups is 1. The van der Waals surface area contributed by atoms with Crippen LogP contribution in [0.25, 0.3) is 0 Å². The van der Waals surface area contributed by atoms with Crippen molar-refractivity contribution in [2.45, 2.75) is 44.6 Å². The van der Waals surface area contributed by atoms with Crippen LogP contribution in [0.1, 0.15) is 39.0 Å². The van der Waals surface area contributed by atoms with Crippen LogP contribution in [0, 0.1) is 5.92 Å². The Kier molecular flexibility index (Phi) is 5.22. The van der Waals surface area contributed by atoms with E-state index in [0.29, 0.717) is 6.54 Å². The molecule has 0 radical (unpaired) electrons. The number of nitrogens with one attached hydrogen (secondary N) is 1. The average Bonchev–Trinajstić information content (AvgIpc) is 2.28. The van der Waals surface area contributed by atoms with E-state index in [9.17, 15) is 9.90 Å². The zero-order valence-corrected chi connectivity index (χ0v) is 10.3. The number of carbonyl (C=O) groups is 1. The van der Waals surface area contributed by atoms with Crippen molar-refractivity contribution < 1.29 is 14.6 Å². The molecule has 1 rings (SSSR count). The molecule has 1 amide bonds. The Bertz CT molecular complexity index is 222. The minimum Gasteiger partial charge on any atom is -0.388 e. The lowest BCUT2D eigenvalue weighted by Crippen LogP contribution is -2.46. The Morgan fingerprint density at radius 2 is 2.12 bits per heavy atom. The average molecular weight is 229 g/mol. The molecule has 0 unspecified atom stereocenters. The van der Waals surface area contributed by atoms with Gasteiger partial charge in [0.05, 0.1) is 5.60 Å². The second-order valence-corrected chi connectivity index (χ2v) is 4.79. The minimum absolute atomic E-state index is 0.0632. The van der Waals surface area contributed by atoms with Crippen LogP contribution >= 0.6 is 0 Å². The first-order valence-electron chi connectivity index (χ1n) is 6.07. The van der Waals surface area contributed by atoms with Crippen molar-refractivity contribution in [3.05, 3.63) is 0 Å². The maximum atomic E-state index is 11.2. The van der Waals surface area contributed by atoms with E-state index < -0.39 is 5.60 Å². The van der Waals surface area contributed by atoms with E-state index in [4.69, 9.17) is 4.74 Å². The number of rotatable bonds is 5. The van der Waals surface area contributed by atoms with Crippen LogP contribution in [-0.2, 0) is 9.53 Å². The minimum atomic E-state index is -0.699. The van der Waals surface area contributed by atoms with Crippen LogP contribution < -0.4 is 5.32 Å². The first-order valence-corrected chi connectivity index (χ1v) is 6.07. The van der Waals surface area contributed by atoms with Gasteiger partial charge in [0.15, 0.2) is 0 Å². The van der Waals surface area contributed by atoms with Crippen molar-refractivity contribution in [1.29, 1.82) is 0 Å². The molecule has 0 heterocycles. The summed E-state index contributed by atoms with van der Waals surface area (Å²) in [5.74, 6) is 0.587. The van der Waals surface area contributed by atoms with Gasteiger partial charge in [-0.2, -0.15) is 0 Å². The number of methoxy groups -OCH3 is 1. The van der Waals surface area contributed by atoms with E-state index in [1.165, 1.54) is 13.5 Å². The van der Waals surface area contributed by atoms with Crippen molar-refractivity contribution >= 4 is 5.91 Å². The number of ether oxygens (including phenoxy) is 1.